The molecule has 0 amide bonds. The first-order valence-electron chi connectivity index (χ1n) is 5.02. The smallest absolute Gasteiger partial charge is 0.385 e. The topological polar surface area (TPSA) is 55.8 Å². The normalized spacial score (nSPS) is 26.8. The van der Waals surface area contributed by atoms with Gasteiger partial charge in [-0.3, -0.25) is 0 Å². The molecule has 1 N–H and O–H groups in total. The molecule has 0 spiro atoms. The summed E-state index contributed by atoms with van der Waals surface area (Å²) < 4.78 is 146. The summed E-state index contributed by atoms with van der Waals surface area (Å²) in [4.78, 5) is 10.3. The lowest BCUT2D eigenvalue weighted by atomic mass is 10.1. The van der Waals surface area contributed by atoms with E-state index in [0.717, 1.165) is 0 Å². The molecule has 0 aromatic rings. The van der Waals surface area contributed by atoms with Crippen molar-refractivity contribution in [2.45, 2.75) is 35.8 Å². The van der Waals surface area contributed by atoms with Crippen LogP contribution in [-0.2, 0) is 14.3 Å². The number of carbonyl (C=O) groups excluding carboxylic acids is 1. The molecular formula is C8H3F11O4. The molecule has 0 bridgehead atoms. The van der Waals surface area contributed by atoms with Gasteiger partial charge in [0.2, 0.25) is 0 Å². The molecule has 0 radical (unpaired) electrons. The first-order chi connectivity index (χ1) is 9.91. The molecule has 0 aromatic heterocycles. The summed E-state index contributed by atoms with van der Waals surface area (Å²) >= 11 is 0. The fourth-order valence-electron chi connectivity index (χ4n) is 1.47. The highest BCUT2D eigenvalue weighted by Gasteiger charge is 3.02. The third-order valence-electron chi connectivity index (χ3n) is 2.61. The van der Waals surface area contributed by atoms with E-state index in [4.69, 9.17) is 5.11 Å². The summed E-state index contributed by atoms with van der Waals surface area (Å²) in [7, 11) is 0. The van der Waals surface area contributed by atoms with E-state index < -0.39 is 48.4 Å². The number of alkyl halides is 11. The van der Waals surface area contributed by atoms with E-state index in [1.54, 1.807) is 0 Å². The van der Waals surface area contributed by atoms with Crippen LogP contribution in [0.1, 0.15) is 0 Å². The second kappa shape index (κ2) is 4.81. The lowest BCUT2D eigenvalue weighted by Crippen LogP contribution is -2.59. The summed E-state index contributed by atoms with van der Waals surface area (Å²) in [5.74, 6) is -38.0. The van der Waals surface area contributed by atoms with E-state index >= 15 is 0 Å². The van der Waals surface area contributed by atoms with E-state index in [-0.39, 0.29) is 0 Å². The number of ether oxygens (including phenoxy) is 2. The lowest BCUT2D eigenvalue weighted by Gasteiger charge is -2.32. The van der Waals surface area contributed by atoms with Crippen molar-refractivity contribution in [1.82, 2.24) is 0 Å². The fraction of sp³-hybridized carbons (Fsp3) is 0.875. The summed E-state index contributed by atoms with van der Waals surface area (Å²) in [6.45, 7) is -1.92. The van der Waals surface area contributed by atoms with Crippen LogP contribution in [0, 0.1) is 0 Å². The Labute approximate surface area is 117 Å². The monoisotopic (exact) mass is 372 g/mol. The van der Waals surface area contributed by atoms with Crippen molar-refractivity contribution in [3.63, 3.8) is 0 Å². The van der Waals surface area contributed by atoms with Gasteiger partial charge in [-0.1, -0.05) is 0 Å². The number of aliphatic hydroxyl groups is 1. The Balaban J connectivity index is 3.40. The molecule has 23 heavy (non-hydrogen) atoms. The number of aliphatic hydroxyl groups excluding tert-OH is 1. The molecule has 1 aliphatic rings. The van der Waals surface area contributed by atoms with Crippen molar-refractivity contribution in [1.29, 1.82) is 0 Å². The maximum absolute atomic E-state index is 13.5. The molecule has 1 fully saturated rings. The second-order valence-electron chi connectivity index (χ2n) is 4.09. The van der Waals surface area contributed by atoms with Gasteiger partial charge in [0, 0.05) is 0 Å². The molecule has 0 saturated heterocycles. The molecule has 0 heterocycles. The molecule has 4 nitrogen and oxygen atoms in total. The van der Waals surface area contributed by atoms with Gasteiger partial charge in [-0.05, 0) is 0 Å². The lowest BCUT2D eigenvalue weighted by molar-refractivity contribution is -0.483. The van der Waals surface area contributed by atoms with Gasteiger partial charge in [0.15, 0.2) is 0 Å². The van der Waals surface area contributed by atoms with Crippen molar-refractivity contribution in [3.8, 4) is 0 Å². The highest BCUT2D eigenvalue weighted by Crippen LogP contribution is 2.70. The third-order valence-corrected chi connectivity index (χ3v) is 2.61. The Bertz CT molecular complexity index is 476. The maximum Gasteiger partial charge on any atom is 0.540 e. The van der Waals surface area contributed by atoms with Gasteiger partial charge in [0.05, 0.1) is 0 Å². The zero-order chi connectivity index (χ0) is 18.7. The minimum atomic E-state index is -7.15. The molecule has 0 aliphatic heterocycles. The van der Waals surface area contributed by atoms with Crippen LogP contribution in [0.5, 0.6) is 0 Å². The predicted molar refractivity (Wildman–Crippen MR) is 42.8 cm³/mol. The quantitative estimate of drug-likeness (QED) is 0.468. The highest BCUT2D eigenvalue weighted by atomic mass is 19.4. The Kier molecular flexibility index (Phi) is 4.11. The van der Waals surface area contributed by atoms with Gasteiger partial charge in [0.1, 0.15) is 6.61 Å². The highest BCUT2D eigenvalue weighted by molar-refractivity contribution is 5.70. The van der Waals surface area contributed by atoms with Crippen LogP contribution in [0.25, 0.3) is 0 Å². The fourth-order valence-corrected chi connectivity index (χ4v) is 1.47. The number of hydrogen-bond acceptors (Lipinski definition) is 4. The summed E-state index contributed by atoms with van der Waals surface area (Å²) in [5.41, 5.74) is 0. The Morgan fingerprint density at radius 1 is 0.826 bits per heavy atom. The number of halogens is 11. The van der Waals surface area contributed by atoms with Crippen molar-refractivity contribution < 1.29 is 67.7 Å². The SMILES string of the molecule is O=C(CO)OC(F)(F)OC1(F)C(F)(F)C(F)(F)C(F)(F)C1(F)F. The average Bonchev–Trinajstić information content (AvgIpc) is 2.39. The van der Waals surface area contributed by atoms with Crippen molar-refractivity contribution in [2.75, 3.05) is 6.61 Å². The van der Waals surface area contributed by atoms with Crippen LogP contribution in [-0.4, -0.2) is 53.5 Å². The van der Waals surface area contributed by atoms with Gasteiger partial charge < -0.3 is 9.84 Å². The largest absolute Gasteiger partial charge is 0.540 e. The van der Waals surface area contributed by atoms with Crippen LogP contribution >= 0.6 is 0 Å². The third kappa shape index (κ3) is 2.23. The molecule has 1 aliphatic carbocycles. The zero-order valence-corrected chi connectivity index (χ0v) is 10.0. The van der Waals surface area contributed by atoms with Gasteiger partial charge in [-0.2, -0.15) is 39.5 Å². The maximum atomic E-state index is 13.5. The molecule has 15 heteroatoms. The minimum Gasteiger partial charge on any atom is -0.385 e. The number of hydrogen-bond donors (Lipinski definition) is 1. The molecule has 0 aromatic carbocycles. The van der Waals surface area contributed by atoms with Crippen LogP contribution < -0.4 is 0 Å². The van der Waals surface area contributed by atoms with Gasteiger partial charge in [-0.25, -0.2) is 9.53 Å². The standard InChI is InChI=1S/C8H3F11O4/c9-3(10)4(11,12)6(15,16)7(17,5(3,13)14)23-8(18,19)22-2(21)1-20/h20H,1H2. The van der Waals surface area contributed by atoms with Crippen LogP contribution in [0.4, 0.5) is 48.3 Å². The van der Waals surface area contributed by atoms with E-state index in [9.17, 15) is 53.1 Å². The molecule has 136 valence electrons. The van der Waals surface area contributed by atoms with Gasteiger partial charge in [-0.15, -0.1) is 8.78 Å². The number of rotatable bonds is 4. The van der Waals surface area contributed by atoms with E-state index in [0.29, 0.717) is 0 Å². The van der Waals surface area contributed by atoms with E-state index in [1.807, 2.05) is 4.74 Å². The first kappa shape index (κ1) is 19.7. The number of carbonyl (C=O) groups is 1. The van der Waals surface area contributed by atoms with Crippen LogP contribution in [0.2, 0.25) is 0 Å². The van der Waals surface area contributed by atoms with Crippen molar-refractivity contribution in [2.24, 2.45) is 0 Å². The Morgan fingerprint density at radius 2 is 1.17 bits per heavy atom. The molecular weight excluding hydrogens is 369 g/mol. The number of esters is 1. The molecule has 0 atom stereocenters. The van der Waals surface area contributed by atoms with Crippen LogP contribution in [0.3, 0.4) is 0 Å². The Hall–Kier alpha value is -1.38. The minimum absolute atomic E-state index is 1.92. The summed E-state index contributed by atoms with van der Waals surface area (Å²) in [5, 5.41) is 8.00. The molecule has 0 unspecified atom stereocenters. The van der Waals surface area contributed by atoms with Gasteiger partial charge >= 0.3 is 41.8 Å². The van der Waals surface area contributed by atoms with Gasteiger partial charge in [0.25, 0.3) is 0 Å². The van der Waals surface area contributed by atoms with Crippen molar-refractivity contribution in [3.05, 3.63) is 0 Å². The predicted octanol–water partition coefficient (Wildman–Crippen LogP) is 2.31. The van der Waals surface area contributed by atoms with Crippen LogP contribution in [0.15, 0.2) is 0 Å². The van der Waals surface area contributed by atoms with E-state index in [1.165, 1.54) is 0 Å². The molecule has 1 saturated carbocycles. The van der Waals surface area contributed by atoms with E-state index in [2.05, 4.69) is 4.74 Å². The molecule has 1 rings (SSSR count). The summed E-state index contributed by atoms with van der Waals surface area (Å²) in [6, 6.07) is 0. The zero-order valence-electron chi connectivity index (χ0n) is 10.0. The summed E-state index contributed by atoms with van der Waals surface area (Å²) in [6.07, 6.45) is -6.11. The average molecular weight is 372 g/mol. The van der Waals surface area contributed by atoms with Crippen molar-refractivity contribution >= 4 is 5.97 Å². The first-order valence-corrected chi connectivity index (χ1v) is 5.02. The Morgan fingerprint density at radius 3 is 1.48 bits per heavy atom. The second-order valence-corrected chi connectivity index (χ2v) is 4.09.